The largest absolute Gasteiger partial charge is 0.383 e. The summed E-state index contributed by atoms with van der Waals surface area (Å²) in [6, 6.07) is 5.63. The fourth-order valence-electron chi connectivity index (χ4n) is 2.69. The minimum atomic E-state index is -0.154. The third-order valence-electron chi connectivity index (χ3n) is 3.89. The number of methoxy groups -OCH3 is 1. The van der Waals surface area contributed by atoms with Crippen molar-refractivity contribution in [2.75, 3.05) is 44.9 Å². The minimum Gasteiger partial charge on any atom is -0.383 e. The molecule has 0 bridgehead atoms. The zero-order chi connectivity index (χ0) is 15.1. The van der Waals surface area contributed by atoms with Crippen molar-refractivity contribution < 1.29 is 13.9 Å². The minimum absolute atomic E-state index is 0.154. The summed E-state index contributed by atoms with van der Waals surface area (Å²) in [5.41, 5.74) is 1.71. The van der Waals surface area contributed by atoms with Crippen LogP contribution in [0.5, 0.6) is 0 Å². The molecule has 1 aromatic carbocycles. The molecule has 1 N–H and O–H groups in total. The maximum atomic E-state index is 14.2. The summed E-state index contributed by atoms with van der Waals surface area (Å²) in [7, 11) is 1.66. The number of benzene rings is 1. The molecule has 1 atom stereocenters. The van der Waals surface area contributed by atoms with Crippen molar-refractivity contribution in [2.24, 2.45) is 0 Å². The van der Waals surface area contributed by atoms with E-state index in [0.29, 0.717) is 39.0 Å². The molecule has 0 aromatic heterocycles. The van der Waals surface area contributed by atoms with Gasteiger partial charge in [-0.15, -0.1) is 0 Å². The molecule has 1 aliphatic heterocycles. The van der Waals surface area contributed by atoms with E-state index in [1.807, 2.05) is 6.07 Å². The molecule has 1 fully saturated rings. The van der Waals surface area contributed by atoms with Crippen LogP contribution in [-0.2, 0) is 16.0 Å². The Bertz CT molecular complexity index is 442. The van der Waals surface area contributed by atoms with Crippen LogP contribution in [0, 0.1) is 5.82 Å². The van der Waals surface area contributed by atoms with Crippen LogP contribution in [0.1, 0.15) is 18.9 Å². The van der Waals surface area contributed by atoms with Crippen LogP contribution in [0.4, 0.5) is 10.1 Å². The van der Waals surface area contributed by atoms with E-state index in [1.54, 1.807) is 13.2 Å². The lowest BCUT2D eigenvalue weighted by atomic mass is 10.1. The second-order valence-corrected chi connectivity index (χ2v) is 5.24. The number of hydrogen-bond donors (Lipinski definition) is 1. The number of nitrogens with zero attached hydrogens (tertiary/aromatic N) is 1. The number of anilines is 1. The second-order valence-electron chi connectivity index (χ2n) is 5.24. The van der Waals surface area contributed by atoms with Crippen molar-refractivity contribution in [3.05, 3.63) is 29.6 Å². The lowest BCUT2D eigenvalue weighted by Gasteiger charge is -2.38. The van der Waals surface area contributed by atoms with Gasteiger partial charge in [-0.3, -0.25) is 0 Å². The lowest BCUT2D eigenvalue weighted by molar-refractivity contribution is 0.0928. The molecule has 1 heterocycles. The molecule has 1 saturated heterocycles. The first-order valence-electron chi connectivity index (χ1n) is 7.59. The van der Waals surface area contributed by atoms with Crippen LogP contribution in [0.15, 0.2) is 18.2 Å². The monoisotopic (exact) mass is 296 g/mol. The maximum absolute atomic E-state index is 14.2. The van der Waals surface area contributed by atoms with Gasteiger partial charge >= 0.3 is 0 Å². The van der Waals surface area contributed by atoms with Gasteiger partial charge in [-0.1, -0.05) is 13.0 Å². The molecule has 4 nitrogen and oxygen atoms in total. The van der Waals surface area contributed by atoms with E-state index in [0.717, 1.165) is 24.2 Å². The van der Waals surface area contributed by atoms with Crippen molar-refractivity contribution >= 4 is 5.69 Å². The topological polar surface area (TPSA) is 33.7 Å². The molecule has 21 heavy (non-hydrogen) atoms. The summed E-state index contributed by atoms with van der Waals surface area (Å²) in [4.78, 5) is 2.28. The summed E-state index contributed by atoms with van der Waals surface area (Å²) in [5, 5.41) is 3.23. The van der Waals surface area contributed by atoms with E-state index in [4.69, 9.17) is 9.47 Å². The van der Waals surface area contributed by atoms with E-state index in [-0.39, 0.29) is 5.82 Å². The highest BCUT2D eigenvalue weighted by molar-refractivity contribution is 5.55. The Balaban J connectivity index is 2.15. The molecule has 1 unspecified atom stereocenters. The Kier molecular flexibility index (Phi) is 6.42. The number of halogens is 1. The smallest absolute Gasteiger partial charge is 0.129 e. The van der Waals surface area contributed by atoms with Gasteiger partial charge in [-0.25, -0.2) is 4.39 Å². The Labute approximate surface area is 126 Å². The van der Waals surface area contributed by atoms with Crippen LogP contribution in [0.25, 0.3) is 0 Å². The Morgan fingerprint density at radius 2 is 2.33 bits per heavy atom. The number of rotatable bonds is 7. The Morgan fingerprint density at radius 3 is 3.10 bits per heavy atom. The van der Waals surface area contributed by atoms with Crippen LogP contribution in [0.2, 0.25) is 0 Å². The zero-order valence-corrected chi connectivity index (χ0v) is 12.9. The molecule has 1 aliphatic rings. The van der Waals surface area contributed by atoms with Crippen LogP contribution in [0.3, 0.4) is 0 Å². The summed E-state index contributed by atoms with van der Waals surface area (Å²) in [6.45, 7) is 6.21. The highest BCUT2D eigenvalue weighted by Crippen LogP contribution is 2.27. The number of ether oxygens (including phenoxy) is 2. The highest BCUT2D eigenvalue weighted by atomic mass is 19.1. The quantitative estimate of drug-likeness (QED) is 0.782. The first-order valence-corrected chi connectivity index (χ1v) is 7.59. The van der Waals surface area contributed by atoms with Gasteiger partial charge in [0.2, 0.25) is 0 Å². The molecule has 1 aromatic rings. The fourth-order valence-corrected chi connectivity index (χ4v) is 2.69. The maximum Gasteiger partial charge on any atom is 0.129 e. The van der Waals surface area contributed by atoms with Gasteiger partial charge in [0, 0.05) is 38.0 Å². The van der Waals surface area contributed by atoms with Gasteiger partial charge in [0.05, 0.1) is 25.9 Å². The van der Waals surface area contributed by atoms with Gasteiger partial charge in [0.25, 0.3) is 0 Å². The molecule has 0 amide bonds. The lowest BCUT2D eigenvalue weighted by Crippen LogP contribution is -2.45. The number of morpholine rings is 1. The normalized spacial score (nSPS) is 19.0. The predicted octanol–water partition coefficient (Wildman–Crippen LogP) is 2.18. The van der Waals surface area contributed by atoms with Crippen LogP contribution >= 0.6 is 0 Å². The van der Waals surface area contributed by atoms with Crippen molar-refractivity contribution in [2.45, 2.75) is 25.9 Å². The van der Waals surface area contributed by atoms with Gasteiger partial charge in [-0.2, -0.15) is 0 Å². The van der Waals surface area contributed by atoms with Gasteiger partial charge in [-0.05, 0) is 18.6 Å². The van der Waals surface area contributed by atoms with E-state index in [1.165, 1.54) is 6.07 Å². The Hall–Kier alpha value is -1.17. The molecule has 118 valence electrons. The number of nitrogens with one attached hydrogen (secondary N) is 1. The predicted molar refractivity (Wildman–Crippen MR) is 82.2 cm³/mol. The first-order chi connectivity index (χ1) is 10.3. The Morgan fingerprint density at radius 1 is 1.48 bits per heavy atom. The molecule has 0 radical (unpaired) electrons. The standard InChI is InChI=1S/C16H25FN2O2/c1-3-13-12-21-10-8-19(13)16-6-4-5-15(17)14(16)11-18-7-9-20-2/h4-6,13,18H,3,7-12H2,1-2H3. The summed E-state index contributed by atoms with van der Waals surface area (Å²) in [6.07, 6.45) is 0.993. The molecule has 0 aliphatic carbocycles. The first kappa shape index (κ1) is 16.2. The second kappa shape index (κ2) is 8.32. The van der Waals surface area contributed by atoms with E-state index in [9.17, 15) is 4.39 Å². The van der Waals surface area contributed by atoms with E-state index in [2.05, 4.69) is 17.1 Å². The molecule has 0 spiro atoms. The average Bonchev–Trinajstić information content (AvgIpc) is 2.52. The molecule has 2 rings (SSSR count). The number of hydrogen-bond acceptors (Lipinski definition) is 4. The van der Waals surface area contributed by atoms with Crippen LogP contribution < -0.4 is 10.2 Å². The van der Waals surface area contributed by atoms with E-state index < -0.39 is 0 Å². The summed E-state index contributed by atoms with van der Waals surface area (Å²) in [5.74, 6) is -0.154. The summed E-state index contributed by atoms with van der Waals surface area (Å²) < 4.78 is 24.8. The third-order valence-corrected chi connectivity index (χ3v) is 3.89. The van der Waals surface area contributed by atoms with Crippen LogP contribution in [-0.4, -0.2) is 46.1 Å². The summed E-state index contributed by atoms with van der Waals surface area (Å²) >= 11 is 0. The van der Waals surface area contributed by atoms with Gasteiger partial charge in [0.1, 0.15) is 5.82 Å². The average molecular weight is 296 g/mol. The fraction of sp³-hybridized carbons (Fsp3) is 0.625. The molecule has 0 saturated carbocycles. The van der Waals surface area contributed by atoms with Crippen molar-refractivity contribution in [1.29, 1.82) is 0 Å². The highest BCUT2D eigenvalue weighted by Gasteiger charge is 2.24. The SMILES string of the molecule is CCC1COCCN1c1cccc(F)c1CNCCOC. The van der Waals surface area contributed by atoms with Crippen molar-refractivity contribution in [3.8, 4) is 0 Å². The zero-order valence-electron chi connectivity index (χ0n) is 12.9. The van der Waals surface area contributed by atoms with Crippen molar-refractivity contribution in [1.82, 2.24) is 5.32 Å². The molecule has 5 heteroatoms. The van der Waals surface area contributed by atoms with Gasteiger partial charge in [0.15, 0.2) is 0 Å². The van der Waals surface area contributed by atoms with Crippen molar-refractivity contribution in [3.63, 3.8) is 0 Å². The third kappa shape index (κ3) is 4.15. The van der Waals surface area contributed by atoms with E-state index >= 15 is 0 Å². The molecular weight excluding hydrogens is 271 g/mol. The molecular formula is C16H25FN2O2. The van der Waals surface area contributed by atoms with Gasteiger partial charge < -0.3 is 19.7 Å².